The Bertz CT molecular complexity index is 367. The van der Waals surface area contributed by atoms with Crippen molar-refractivity contribution in [2.45, 2.75) is 26.9 Å². The summed E-state index contributed by atoms with van der Waals surface area (Å²) in [4.78, 5) is 2.53. The summed E-state index contributed by atoms with van der Waals surface area (Å²) < 4.78 is 0. The van der Waals surface area contributed by atoms with Gasteiger partial charge in [-0.05, 0) is 24.8 Å². The zero-order valence-electron chi connectivity index (χ0n) is 11.7. The Hall–Kier alpha value is -0.863. The van der Waals surface area contributed by atoms with E-state index in [0.717, 1.165) is 13.1 Å². The van der Waals surface area contributed by atoms with Crippen LogP contribution in [0.15, 0.2) is 30.8 Å². The van der Waals surface area contributed by atoms with Crippen molar-refractivity contribution in [1.29, 1.82) is 0 Å². The molecule has 0 radical (unpaired) electrons. The van der Waals surface area contributed by atoms with Crippen LogP contribution in [0.2, 0.25) is 13.1 Å². The molecule has 0 unspecified atom stereocenters. The Balaban J connectivity index is 2.90. The molecule has 0 heterocycles. The SMILES string of the molecule is C=Cc1cccc([Si](C)(C)CN(CC)CC)c1. The molecule has 0 saturated heterocycles. The molecule has 0 atom stereocenters. The first-order valence-corrected chi connectivity index (χ1v) is 9.69. The third-order valence-corrected chi connectivity index (χ3v) is 6.53. The van der Waals surface area contributed by atoms with Crippen LogP contribution >= 0.6 is 0 Å². The lowest BCUT2D eigenvalue weighted by molar-refractivity contribution is 0.349. The van der Waals surface area contributed by atoms with Gasteiger partial charge >= 0.3 is 0 Å². The lowest BCUT2D eigenvalue weighted by Crippen LogP contribution is -2.51. The van der Waals surface area contributed by atoms with Crippen LogP contribution in [0.1, 0.15) is 19.4 Å². The Morgan fingerprint density at radius 2 is 1.88 bits per heavy atom. The molecule has 0 aromatic heterocycles. The van der Waals surface area contributed by atoms with E-state index in [1.807, 2.05) is 6.08 Å². The molecule has 1 nitrogen and oxygen atoms in total. The van der Waals surface area contributed by atoms with Crippen molar-refractivity contribution in [1.82, 2.24) is 4.90 Å². The minimum absolute atomic E-state index is 1.15. The molecular weight excluding hydrogens is 222 g/mol. The molecule has 94 valence electrons. The predicted molar refractivity (Wildman–Crippen MR) is 81.4 cm³/mol. The Labute approximate surface area is 107 Å². The van der Waals surface area contributed by atoms with Gasteiger partial charge in [-0.1, -0.05) is 69.0 Å². The van der Waals surface area contributed by atoms with Crippen molar-refractivity contribution >= 4 is 19.3 Å². The highest BCUT2D eigenvalue weighted by atomic mass is 28.3. The van der Waals surface area contributed by atoms with Gasteiger partial charge in [0.05, 0.1) is 8.07 Å². The van der Waals surface area contributed by atoms with Crippen LogP contribution in [0.4, 0.5) is 0 Å². The van der Waals surface area contributed by atoms with E-state index in [1.54, 1.807) is 0 Å². The first-order valence-electron chi connectivity index (χ1n) is 6.48. The molecule has 0 aliphatic carbocycles. The van der Waals surface area contributed by atoms with Crippen LogP contribution in [0.3, 0.4) is 0 Å². The highest BCUT2D eigenvalue weighted by Gasteiger charge is 2.25. The molecular formula is C15H25NSi. The maximum atomic E-state index is 3.85. The molecule has 0 saturated carbocycles. The highest BCUT2D eigenvalue weighted by molar-refractivity contribution is 6.90. The normalized spacial score (nSPS) is 11.8. The van der Waals surface area contributed by atoms with Crippen molar-refractivity contribution in [3.63, 3.8) is 0 Å². The summed E-state index contributed by atoms with van der Waals surface area (Å²) in [5, 5.41) is 1.53. The fourth-order valence-corrected chi connectivity index (χ4v) is 5.04. The maximum Gasteiger partial charge on any atom is 0.0949 e. The van der Waals surface area contributed by atoms with Crippen molar-refractivity contribution in [3.8, 4) is 0 Å². The fourth-order valence-electron chi connectivity index (χ4n) is 2.18. The van der Waals surface area contributed by atoms with Crippen LogP contribution in [0.5, 0.6) is 0 Å². The van der Waals surface area contributed by atoms with Gasteiger partial charge in [0.25, 0.3) is 0 Å². The van der Waals surface area contributed by atoms with E-state index < -0.39 is 8.07 Å². The van der Waals surface area contributed by atoms with Crippen LogP contribution < -0.4 is 5.19 Å². The largest absolute Gasteiger partial charge is 0.306 e. The minimum atomic E-state index is -1.35. The lowest BCUT2D eigenvalue weighted by atomic mass is 10.2. The number of nitrogens with zero attached hydrogens (tertiary/aromatic N) is 1. The quantitative estimate of drug-likeness (QED) is 0.698. The van der Waals surface area contributed by atoms with Crippen LogP contribution in [-0.2, 0) is 0 Å². The lowest BCUT2D eigenvalue weighted by Gasteiger charge is -2.30. The second-order valence-electron chi connectivity index (χ2n) is 5.17. The maximum absolute atomic E-state index is 3.85. The second-order valence-corrected chi connectivity index (χ2v) is 9.84. The van der Waals surface area contributed by atoms with E-state index in [1.165, 1.54) is 16.9 Å². The number of benzene rings is 1. The molecule has 17 heavy (non-hydrogen) atoms. The smallest absolute Gasteiger partial charge is 0.0949 e. The molecule has 0 amide bonds. The van der Waals surface area contributed by atoms with Gasteiger partial charge < -0.3 is 4.90 Å². The molecule has 0 aliphatic rings. The summed E-state index contributed by atoms with van der Waals surface area (Å²) in [6.45, 7) is 15.5. The second kappa shape index (κ2) is 6.17. The summed E-state index contributed by atoms with van der Waals surface area (Å²) in [5.41, 5.74) is 1.24. The first kappa shape index (κ1) is 14.2. The van der Waals surface area contributed by atoms with Crippen molar-refractivity contribution in [3.05, 3.63) is 36.4 Å². The van der Waals surface area contributed by atoms with Gasteiger partial charge in [-0.2, -0.15) is 0 Å². The average molecular weight is 247 g/mol. The number of hydrogen-bond acceptors (Lipinski definition) is 1. The van der Waals surface area contributed by atoms with Crippen LogP contribution in [0.25, 0.3) is 6.08 Å². The molecule has 0 fully saturated rings. The summed E-state index contributed by atoms with van der Waals surface area (Å²) in [5.74, 6) is 0. The molecule has 0 bridgehead atoms. The number of hydrogen-bond donors (Lipinski definition) is 0. The van der Waals surface area contributed by atoms with Gasteiger partial charge in [0.1, 0.15) is 0 Å². The molecule has 0 spiro atoms. The monoisotopic (exact) mass is 247 g/mol. The van der Waals surface area contributed by atoms with E-state index >= 15 is 0 Å². The van der Waals surface area contributed by atoms with Gasteiger partial charge in [0.2, 0.25) is 0 Å². The van der Waals surface area contributed by atoms with E-state index in [0.29, 0.717) is 0 Å². The number of rotatable bonds is 6. The van der Waals surface area contributed by atoms with E-state index in [2.05, 4.69) is 62.7 Å². The molecule has 1 rings (SSSR count). The van der Waals surface area contributed by atoms with Gasteiger partial charge in [-0.3, -0.25) is 0 Å². The first-order chi connectivity index (χ1) is 8.03. The Morgan fingerprint density at radius 1 is 1.24 bits per heavy atom. The Kier molecular flexibility index (Phi) is 5.16. The molecule has 1 aromatic rings. The predicted octanol–water partition coefficient (Wildman–Crippen LogP) is 3.13. The van der Waals surface area contributed by atoms with E-state index in [9.17, 15) is 0 Å². The summed E-state index contributed by atoms with van der Waals surface area (Å²) >= 11 is 0. The van der Waals surface area contributed by atoms with Gasteiger partial charge in [-0.25, -0.2) is 0 Å². The molecule has 2 heteroatoms. The minimum Gasteiger partial charge on any atom is -0.306 e. The van der Waals surface area contributed by atoms with Crippen molar-refractivity contribution in [2.24, 2.45) is 0 Å². The van der Waals surface area contributed by atoms with Gasteiger partial charge in [0.15, 0.2) is 0 Å². The third kappa shape index (κ3) is 3.82. The standard InChI is InChI=1S/C15H25NSi/c1-6-14-10-9-11-15(12-14)17(4,5)13-16(7-2)8-3/h6,9-12H,1,7-8,13H2,2-5H3. The van der Waals surface area contributed by atoms with Gasteiger partial charge in [0, 0.05) is 0 Å². The zero-order chi connectivity index (χ0) is 12.9. The topological polar surface area (TPSA) is 3.24 Å². The third-order valence-electron chi connectivity index (χ3n) is 3.42. The van der Waals surface area contributed by atoms with E-state index in [-0.39, 0.29) is 0 Å². The van der Waals surface area contributed by atoms with Gasteiger partial charge in [-0.15, -0.1) is 0 Å². The fraction of sp³-hybridized carbons (Fsp3) is 0.467. The zero-order valence-corrected chi connectivity index (χ0v) is 12.7. The van der Waals surface area contributed by atoms with Crippen molar-refractivity contribution < 1.29 is 0 Å². The van der Waals surface area contributed by atoms with E-state index in [4.69, 9.17) is 0 Å². The summed E-state index contributed by atoms with van der Waals surface area (Å²) in [6, 6.07) is 8.87. The van der Waals surface area contributed by atoms with Crippen LogP contribution in [-0.4, -0.2) is 32.2 Å². The van der Waals surface area contributed by atoms with Crippen LogP contribution in [0, 0.1) is 0 Å². The molecule has 0 aliphatic heterocycles. The Morgan fingerprint density at radius 3 is 2.41 bits per heavy atom. The van der Waals surface area contributed by atoms with Crippen molar-refractivity contribution in [2.75, 3.05) is 19.3 Å². The molecule has 1 aromatic carbocycles. The average Bonchev–Trinajstić information content (AvgIpc) is 2.36. The summed E-state index contributed by atoms with van der Waals surface area (Å²) in [6.07, 6.45) is 3.17. The molecule has 0 N–H and O–H groups in total. The highest BCUT2D eigenvalue weighted by Crippen LogP contribution is 2.08. The summed E-state index contributed by atoms with van der Waals surface area (Å²) in [7, 11) is -1.35.